The first-order valence-corrected chi connectivity index (χ1v) is 21.6. The predicted octanol–water partition coefficient (Wildman–Crippen LogP) is 13.6. The van der Waals surface area contributed by atoms with Crippen LogP contribution in [0.5, 0.6) is 0 Å². The van der Waals surface area contributed by atoms with E-state index < -0.39 is 0 Å². The van der Waals surface area contributed by atoms with Crippen LogP contribution in [-0.4, -0.2) is 19.3 Å². The Morgan fingerprint density at radius 3 is 1.05 bits per heavy atom. The molecular weight excluding hydrogens is 752 g/mol. The van der Waals surface area contributed by atoms with Crippen LogP contribution in [0.25, 0.3) is 0 Å². The van der Waals surface area contributed by atoms with Crippen molar-refractivity contribution in [2.45, 2.75) is 174 Å². The van der Waals surface area contributed by atoms with Gasteiger partial charge in [-0.25, -0.2) is 0 Å². The van der Waals surface area contributed by atoms with Gasteiger partial charge in [-0.05, 0) is 124 Å². The fourth-order valence-electron chi connectivity index (χ4n) is 9.59. The molecule has 4 heteroatoms. The van der Waals surface area contributed by atoms with Gasteiger partial charge in [0.1, 0.15) is 0 Å². The van der Waals surface area contributed by atoms with Crippen LogP contribution in [0.3, 0.4) is 0 Å². The maximum absolute atomic E-state index is 4.25. The van der Waals surface area contributed by atoms with Crippen LogP contribution in [0.4, 0.5) is 0 Å². The molecule has 0 spiro atoms. The van der Waals surface area contributed by atoms with Crippen LogP contribution in [0.15, 0.2) is 0 Å². The van der Waals surface area contributed by atoms with E-state index in [0.717, 1.165) is 47.3 Å². The molecule has 0 radical (unpaired) electrons. The third-order valence-electron chi connectivity index (χ3n) is 12.4. The minimum absolute atomic E-state index is 0.674. The van der Waals surface area contributed by atoms with Crippen LogP contribution < -0.4 is 0 Å². The SMILES string of the molecule is CCCCC[C@H]1CC[C@H](C(Br)C(Br)C2CCC([C@H]3CC[C@H](C(Br)C(Br)[C@H]4CC[C@H](CCC)CC4)CC3)CC2)CC1. The van der Waals surface area contributed by atoms with Gasteiger partial charge in [0.2, 0.25) is 0 Å². The highest BCUT2D eigenvalue weighted by molar-refractivity contribution is 9.12. The normalized spacial score (nSPS) is 38.9. The first-order chi connectivity index (χ1) is 19.4. The van der Waals surface area contributed by atoms with E-state index in [1.54, 1.807) is 0 Å². The van der Waals surface area contributed by atoms with E-state index >= 15 is 0 Å². The lowest BCUT2D eigenvalue weighted by atomic mass is 9.67. The van der Waals surface area contributed by atoms with Gasteiger partial charge in [-0.3, -0.25) is 0 Å². The van der Waals surface area contributed by atoms with Crippen LogP contribution in [-0.2, 0) is 0 Å². The minimum atomic E-state index is 0.674. The maximum Gasteiger partial charge on any atom is 0.0302 e. The molecule has 0 aromatic rings. The third-order valence-corrected chi connectivity index (χ3v) is 19.1. The Morgan fingerprint density at radius 1 is 0.400 bits per heavy atom. The summed E-state index contributed by atoms with van der Waals surface area (Å²) in [6.45, 7) is 4.69. The van der Waals surface area contributed by atoms with Crippen molar-refractivity contribution in [2.75, 3.05) is 0 Å². The molecule has 4 aliphatic carbocycles. The third kappa shape index (κ3) is 9.96. The maximum atomic E-state index is 4.25. The van der Waals surface area contributed by atoms with Crippen molar-refractivity contribution in [3.05, 3.63) is 0 Å². The summed E-state index contributed by atoms with van der Waals surface area (Å²) in [6.07, 6.45) is 32.1. The number of rotatable bonds is 13. The predicted molar refractivity (Wildman–Crippen MR) is 192 cm³/mol. The van der Waals surface area contributed by atoms with E-state index in [-0.39, 0.29) is 0 Å². The van der Waals surface area contributed by atoms with Crippen molar-refractivity contribution >= 4 is 63.7 Å². The summed E-state index contributed by atoms with van der Waals surface area (Å²) >= 11 is 16.9. The van der Waals surface area contributed by atoms with E-state index in [2.05, 4.69) is 77.6 Å². The number of halogens is 4. The molecule has 40 heavy (non-hydrogen) atoms. The van der Waals surface area contributed by atoms with Gasteiger partial charge in [0.15, 0.2) is 0 Å². The van der Waals surface area contributed by atoms with Crippen molar-refractivity contribution in [1.29, 1.82) is 0 Å². The summed E-state index contributed by atoms with van der Waals surface area (Å²) in [5.41, 5.74) is 0. The molecule has 0 aromatic carbocycles. The number of unbranched alkanes of at least 4 members (excludes halogenated alkanes) is 2. The molecule has 0 nitrogen and oxygen atoms in total. The number of alkyl halides is 4. The van der Waals surface area contributed by atoms with Crippen molar-refractivity contribution in [3.63, 3.8) is 0 Å². The smallest absolute Gasteiger partial charge is 0.0302 e. The largest absolute Gasteiger partial charge is 0.0875 e. The van der Waals surface area contributed by atoms with Crippen molar-refractivity contribution in [3.8, 4) is 0 Å². The molecule has 4 aliphatic rings. The lowest BCUT2D eigenvalue weighted by molar-refractivity contribution is 0.139. The highest BCUT2D eigenvalue weighted by Crippen LogP contribution is 2.48. The Balaban J connectivity index is 1.13. The molecule has 234 valence electrons. The summed E-state index contributed by atoms with van der Waals surface area (Å²) in [5, 5.41) is 0. The molecular formula is C36H62Br4. The van der Waals surface area contributed by atoms with E-state index in [1.807, 2.05) is 0 Å². The van der Waals surface area contributed by atoms with E-state index in [4.69, 9.17) is 0 Å². The van der Waals surface area contributed by atoms with Gasteiger partial charge in [0, 0.05) is 19.3 Å². The summed E-state index contributed by atoms with van der Waals surface area (Å²) in [5.74, 6) is 7.59. The molecule has 4 atom stereocenters. The minimum Gasteiger partial charge on any atom is -0.0875 e. The molecule has 0 aromatic heterocycles. The molecule has 0 N–H and O–H groups in total. The summed E-state index contributed by atoms with van der Waals surface area (Å²) in [4.78, 5) is 2.70. The molecule has 4 unspecified atom stereocenters. The van der Waals surface area contributed by atoms with Crippen molar-refractivity contribution in [1.82, 2.24) is 0 Å². The lowest BCUT2D eigenvalue weighted by Gasteiger charge is -2.42. The first-order valence-electron chi connectivity index (χ1n) is 18.0. The van der Waals surface area contributed by atoms with Crippen LogP contribution in [0.1, 0.15) is 155 Å². The van der Waals surface area contributed by atoms with E-state index in [1.165, 1.54) is 141 Å². The highest BCUT2D eigenvalue weighted by atomic mass is 79.9. The molecule has 0 aliphatic heterocycles. The zero-order valence-corrected chi connectivity index (χ0v) is 32.3. The zero-order valence-electron chi connectivity index (χ0n) is 26.0. The molecule has 4 saturated carbocycles. The second kappa shape index (κ2) is 18.2. The second-order valence-electron chi connectivity index (χ2n) is 15.0. The lowest BCUT2D eigenvalue weighted by Crippen LogP contribution is -2.37. The van der Waals surface area contributed by atoms with Crippen LogP contribution in [0, 0.1) is 47.3 Å². The molecule has 0 amide bonds. The Hall–Kier alpha value is 1.92. The van der Waals surface area contributed by atoms with Crippen LogP contribution >= 0.6 is 63.7 Å². The average Bonchev–Trinajstić information content (AvgIpc) is 3.01. The van der Waals surface area contributed by atoms with Gasteiger partial charge in [-0.15, -0.1) is 0 Å². The Labute approximate surface area is 283 Å². The first kappa shape index (κ1) is 34.8. The zero-order chi connectivity index (χ0) is 28.5. The molecule has 0 saturated heterocycles. The summed E-state index contributed by atoms with van der Waals surface area (Å²) in [7, 11) is 0. The van der Waals surface area contributed by atoms with Gasteiger partial charge in [-0.1, -0.05) is 142 Å². The van der Waals surface area contributed by atoms with Crippen molar-refractivity contribution < 1.29 is 0 Å². The van der Waals surface area contributed by atoms with Gasteiger partial charge in [-0.2, -0.15) is 0 Å². The van der Waals surface area contributed by atoms with Gasteiger partial charge >= 0.3 is 0 Å². The molecule has 0 bridgehead atoms. The van der Waals surface area contributed by atoms with E-state index in [0.29, 0.717) is 19.3 Å². The number of hydrogen-bond donors (Lipinski definition) is 0. The summed E-state index contributed by atoms with van der Waals surface area (Å²) in [6, 6.07) is 0. The topological polar surface area (TPSA) is 0 Å². The Kier molecular flexibility index (Phi) is 15.8. The van der Waals surface area contributed by atoms with Crippen LogP contribution in [0.2, 0.25) is 0 Å². The van der Waals surface area contributed by atoms with Gasteiger partial charge in [0.25, 0.3) is 0 Å². The molecule has 0 heterocycles. The second-order valence-corrected chi connectivity index (χ2v) is 19.2. The molecule has 4 rings (SSSR count). The fraction of sp³-hybridized carbons (Fsp3) is 1.00. The highest BCUT2D eigenvalue weighted by Gasteiger charge is 2.39. The summed E-state index contributed by atoms with van der Waals surface area (Å²) < 4.78 is 0. The monoisotopic (exact) mass is 810 g/mol. The number of hydrogen-bond acceptors (Lipinski definition) is 0. The van der Waals surface area contributed by atoms with Gasteiger partial charge in [0.05, 0.1) is 0 Å². The standard InChI is InChI=1S/C36H62Br4/c1-3-5-6-8-26-11-15-30(16-12-26)34(38)36(40)32-23-19-28(20-24-32)27-17-21-31(22-18-27)35(39)33(37)29-13-9-25(7-4-2)10-14-29/h25-36H,3-24H2,1-2H3/t25-,26-,27-,28?,29-,30-,31-,32?,33?,34?,35?,36?. The van der Waals surface area contributed by atoms with E-state index in [9.17, 15) is 0 Å². The average molecular weight is 815 g/mol. The molecule has 4 fully saturated rings. The van der Waals surface area contributed by atoms with Gasteiger partial charge < -0.3 is 0 Å². The van der Waals surface area contributed by atoms with Crippen molar-refractivity contribution in [2.24, 2.45) is 47.3 Å². The fourth-order valence-corrected chi connectivity index (χ4v) is 13.4. The Bertz CT molecular complexity index is 666. The quantitative estimate of drug-likeness (QED) is 0.128. The Morgan fingerprint density at radius 2 is 0.725 bits per heavy atom.